The molecule has 1 aromatic rings. The van der Waals surface area contributed by atoms with Crippen LogP contribution in [0.1, 0.15) is 12.7 Å². The fraction of sp³-hybridized carbons (Fsp3) is 0.333. The van der Waals surface area contributed by atoms with Gasteiger partial charge in [-0.2, -0.15) is 0 Å². The third-order valence-electron chi connectivity index (χ3n) is 0.907. The van der Waals surface area contributed by atoms with Gasteiger partial charge in [0, 0.05) is 0 Å². The van der Waals surface area contributed by atoms with Gasteiger partial charge in [-0.1, -0.05) is 0 Å². The molecule has 9 heavy (non-hydrogen) atoms. The highest BCUT2D eigenvalue weighted by Crippen LogP contribution is 1.96. The van der Waals surface area contributed by atoms with Crippen molar-refractivity contribution in [3.05, 3.63) is 18.4 Å². The number of carbonyl (C=O) groups is 1. The van der Waals surface area contributed by atoms with Crippen molar-refractivity contribution in [3.8, 4) is 0 Å². The highest BCUT2D eigenvalue weighted by atomic mass is 16.3. The van der Waals surface area contributed by atoms with E-state index in [0.29, 0.717) is 12.2 Å². The summed E-state index contributed by atoms with van der Waals surface area (Å²) in [5, 5.41) is 0. The molecule has 0 atom stereocenters. The van der Waals surface area contributed by atoms with Crippen molar-refractivity contribution in [1.29, 1.82) is 0 Å². The van der Waals surface area contributed by atoms with Crippen LogP contribution in [-0.2, 0) is 11.2 Å². The Labute approximate surface area is 52.7 Å². The van der Waals surface area contributed by atoms with Crippen LogP contribution in [0, 0.1) is 0 Å². The molecule has 0 unspecified atom stereocenters. The van der Waals surface area contributed by atoms with Crippen LogP contribution in [0.2, 0.25) is 0 Å². The van der Waals surface area contributed by atoms with Crippen LogP contribution in [0.3, 0.4) is 0 Å². The highest BCUT2D eigenvalue weighted by molar-refractivity contribution is 5.77. The molecule has 0 bridgehead atoms. The summed E-state index contributed by atoms with van der Waals surface area (Å²) in [5.41, 5.74) is 0. The average molecular weight is 125 g/mol. The lowest BCUT2D eigenvalue weighted by Crippen LogP contribution is -1.93. The average Bonchev–Trinajstić information content (AvgIpc) is 2.15. The maximum Gasteiger partial charge on any atom is 0.180 e. The minimum Gasteiger partial charge on any atom is -0.448 e. The molecule has 1 heterocycles. The summed E-state index contributed by atoms with van der Waals surface area (Å²) in [6, 6.07) is 0. The second kappa shape index (κ2) is 2.44. The van der Waals surface area contributed by atoms with E-state index in [1.807, 2.05) is 0 Å². The first kappa shape index (κ1) is 6.01. The number of ketones is 1. The van der Waals surface area contributed by atoms with Crippen LogP contribution < -0.4 is 0 Å². The van der Waals surface area contributed by atoms with Gasteiger partial charge < -0.3 is 4.42 Å². The zero-order valence-electron chi connectivity index (χ0n) is 5.13. The second-order valence-electron chi connectivity index (χ2n) is 1.85. The monoisotopic (exact) mass is 125 g/mol. The molecule has 0 saturated heterocycles. The van der Waals surface area contributed by atoms with Crippen molar-refractivity contribution in [2.75, 3.05) is 0 Å². The van der Waals surface area contributed by atoms with Gasteiger partial charge >= 0.3 is 0 Å². The summed E-state index contributed by atoms with van der Waals surface area (Å²) in [6.45, 7) is 1.52. The molecule has 0 spiro atoms. The predicted molar refractivity (Wildman–Crippen MR) is 30.9 cm³/mol. The molecule has 0 N–H and O–H groups in total. The molecule has 1 rings (SSSR count). The van der Waals surface area contributed by atoms with Gasteiger partial charge in [0.15, 0.2) is 6.39 Å². The van der Waals surface area contributed by atoms with E-state index >= 15 is 0 Å². The van der Waals surface area contributed by atoms with Crippen molar-refractivity contribution in [2.24, 2.45) is 0 Å². The van der Waals surface area contributed by atoms with Gasteiger partial charge in [0.25, 0.3) is 0 Å². The minimum absolute atomic E-state index is 0.0896. The molecule has 3 nitrogen and oxygen atoms in total. The number of rotatable bonds is 2. The number of nitrogens with zero attached hydrogens (tertiary/aromatic N) is 1. The molecular weight excluding hydrogens is 118 g/mol. The predicted octanol–water partition coefficient (Wildman–Crippen LogP) is 0.806. The largest absolute Gasteiger partial charge is 0.448 e. The van der Waals surface area contributed by atoms with Gasteiger partial charge in [0.2, 0.25) is 0 Å². The van der Waals surface area contributed by atoms with Crippen LogP contribution in [0.4, 0.5) is 0 Å². The first-order chi connectivity index (χ1) is 4.29. The Morgan fingerprint density at radius 3 is 3.11 bits per heavy atom. The lowest BCUT2D eigenvalue weighted by molar-refractivity contribution is -0.116. The van der Waals surface area contributed by atoms with Gasteiger partial charge in [-0.3, -0.25) is 4.79 Å². The molecular formula is C6H7NO2. The molecule has 0 aliphatic rings. The van der Waals surface area contributed by atoms with E-state index in [-0.39, 0.29) is 5.78 Å². The van der Waals surface area contributed by atoms with Crippen molar-refractivity contribution in [2.45, 2.75) is 13.3 Å². The number of hydrogen-bond acceptors (Lipinski definition) is 3. The van der Waals surface area contributed by atoms with Gasteiger partial charge in [0.05, 0.1) is 12.6 Å². The van der Waals surface area contributed by atoms with Crippen LogP contribution in [0.25, 0.3) is 0 Å². The second-order valence-corrected chi connectivity index (χ2v) is 1.85. The maximum absolute atomic E-state index is 10.4. The van der Waals surface area contributed by atoms with E-state index in [4.69, 9.17) is 4.42 Å². The van der Waals surface area contributed by atoms with Gasteiger partial charge in [-0.25, -0.2) is 4.98 Å². The molecule has 3 heteroatoms. The van der Waals surface area contributed by atoms with Crippen LogP contribution in [0.5, 0.6) is 0 Å². The number of oxazole rings is 1. The Balaban J connectivity index is 2.58. The maximum atomic E-state index is 10.4. The molecule has 0 fully saturated rings. The van der Waals surface area contributed by atoms with Crippen molar-refractivity contribution in [1.82, 2.24) is 4.98 Å². The molecule has 0 saturated carbocycles. The molecule has 0 amide bonds. The number of aromatic nitrogens is 1. The summed E-state index contributed by atoms with van der Waals surface area (Å²) in [4.78, 5) is 14.1. The summed E-state index contributed by atoms with van der Waals surface area (Å²) >= 11 is 0. The molecule has 1 aromatic heterocycles. The smallest absolute Gasteiger partial charge is 0.180 e. The quantitative estimate of drug-likeness (QED) is 0.587. The van der Waals surface area contributed by atoms with Crippen molar-refractivity contribution in [3.63, 3.8) is 0 Å². The van der Waals surface area contributed by atoms with Gasteiger partial charge in [0.1, 0.15) is 11.5 Å². The van der Waals surface area contributed by atoms with Crippen LogP contribution >= 0.6 is 0 Å². The van der Waals surface area contributed by atoms with Crippen LogP contribution in [-0.4, -0.2) is 10.8 Å². The van der Waals surface area contributed by atoms with E-state index in [1.165, 1.54) is 13.3 Å². The third-order valence-corrected chi connectivity index (χ3v) is 0.907. The summed E-state index contributed by atoms with van der Waals surface area (Å²) in [7, 11) is 0. The highest BCUT2D eigenvalue weighted by Gasteiger charge is 1.98. The lowest BCUT2D eigenvalue weighted by Gasteiger charge is -1.84. The summed E-state index contributed by atoms with van der Waals surface area (Å²) < 4.78 is 4.81. The zero-order valence-corrected chi connectivity index (χ0v) is 5.13. The molecule has 0 aliphatic carbocycles. The zero-order chi connectivity index (χ0) is 6.69. The topological polar surface area (TPSA) is 43.1 Å². The number of Topliss-reactive ketones (excluding diaryl/α,β-unsaturated/α-hetero) is 1. The van der Waals surface area contributed by atoms with E-state index in [2.05, 4.69) is 4.98 Å². The minimum atomic E-state index is 0.0896. The SMILES string of the molecule is CC(=O)Cc1cnco1. The standard InChI is InChI=1S/C6H7NO2/c1-5(8)2-6-3-7-4-9-6/h3-4H,2H2,1H3. The van der Waals surface area contributed by atoms with Crippen molar-refractivity contribution >= 4 is 5.78 Å². The van der Waals surface area contributed by atoms with Gasteiger partial charge in [-0.05, 0) is 6.92 Å². The van der Waals surface area contributed by atoms with Crippen molar-refractivity contribution < 1.29 is 9.21 Å². The molecule has 0 radical (unpaired) electrons. The molecule has 0 aromatic carbocycles. The fourth-order valence-corrected chi connectivity index (χ4v) is 0.575. The summed E-state index contributed by atoms with van der Waals surface area (Å²) in [6.07, 6.45) is 3.21. The van der Waals surface area contributed by atoms with E-state index in [1.54, 1.807) is 6.20 Å². The Morgan fingerprint density at radius 2 is 2.67 bits per heavy atom. The number of carbonyl (C=O) groups excluding carboxylic acids is 1. The Morgan fingerprint density at radius 1 is 1.89 bits per heavy atom. The third kappa shape index (κ3) is 1.68. The number of hydrogen-bond donors (Lipinski definition) is 0. The van der Waals surface area contributed by atoms with E-state index in [0.717, 1.165) is 0 Å². The molecule has 48 valence electrons. The Hall–Kier alpha value is -1.12. The van der Waals surface area contributed by atoms with E-state index in [9.17, 15) is 4.79 Å². The van der Waals surface area contributed by atoms with Crippen LogP contribution in [0.15, 0.2) is 17.0 Å². The first-order valence-electron chi connectivity index (χ1n) is 2.66. The molecule has 0 aliphatic heterocycles. The fourth-order valence-electron chi connectivity index (χ4n) is 0.575. The van der Waals surface area contributed by atoms with Gasteiger partial charge in [-0.15, -0.1) is 0 Å². The normalized spacial score (nSPS) is 9.44. The Bertz CT molecular complexity index is 191. The summed E-state index contributed by atoms with van der Waals surface area (Å²) in [5.74, 6) is 0.717. The Kier molecular flexibility index (Phi) is 1.63. The van der Waals surface area contributed by atoms with E-state index < -0.39 is 0 Å². The lowest BCUT2D eigenvalue weighted by atomic mass is 10.3. The first-order valence-corrected chi connectivity index (χ1v) is 2.66.